The Labute approximate surface area is 124 Å². The lowest BCUT2D eigenvalue weighted by Crippen LogP contribution is -2.13. The van der Waals surface area contributed by atoms with Crippen molar-refractivity contribution in [2.75, 3.05) is 5.32 Å². The monoisotopic (exact) mass is 289 g/mol. The molecule has 1 N–H and O–H groups in total. The summed E-state index contributed by atoms with van der Waals surface area (Å²) in [6.45, 7) is 5.77. The maximum atomic E-state index is 13.2. The number of nitrogens with one attached hydrogen (secondary N) is 1. The second kappa shape index (κ2) is 6.08. The van der Waals surface area contributed by atoms with Crippen LogP contribution in [0.25, 0.3) is 0 Å². The number of carbonyl (C=O) groups is 1. The van der Waals surface area contributed by atoms with Gasteiger partial charge in [0, 0.05) is 24.8 Å². The second-order valence-electron chi connectivity index (χ2n) is 5.28. The van der Waals surface area contributed by atoms with Crippen molar-refractivity contribution < 1.29 is 9.18 Å². The first-order valence-electron chi connectivity index (χ1n) is 6.93. The Balaban J connectivity index is 2.01. The Bertz CT molecular complexity index is 676. The van der Waals surface area contributed by atoms with Crippen molar-refractivity contribution in [3.05, 3.63) is 46.5 Å². The van der Waals surface area contributed by atoms with Gasteiger partial charge in [-0.3, -0.25) is 9.48 Å². The molecule has 1 heterocycles. The normalized spacial score (nSPS) is 10.7. The minimum absolute atomic E-state index is 0.119. The highest BCUT2D eigenvalue weighted by atomic mass is 19.1. The fourth-order valence-corrected chi connectivity index (χ4v) is 2.36. The first-order chi connectivity index (χ1) is 9.88. The van der Waals surface area contributed by atoms with Gasteiger partial charge in [-0.1, -0.05) is 6.07 Å². The smallest absolute Gasteiger partial charge is 0.224 e. The van der Waals surface area contributed by atoms with Crippen LogP contribution in [0.1, 0.15) is 28.9 Å². The SMILES string of the molecule is Cc1ccc(F)cc1NC(=O)CCc1c(C)nn(C)c1C. The summed E-state index contributed by atoms with van der Waals surface area (Å²) >= 11 is 0. The van der Waals surface area contributed by atoms with Crippen LogP contribution >= 0.6 is 0 Å². The topological polar surface area (TPSA) is 46.9 Å². The van der Waals surface area contributed by atoms with Crippen LogP contribution in [0.3, 0.4) is 0 Å². The van der Waals surface area contributed by atoms with Gasteiger partial charge < -0.3 is 5.32 Å². The molecule has 112 valence electrons. The van der Waals surface area contributed by atoms with Crippen LogP contribution in [-0.2, 0) is 18.3 Å². The maximum Gasteiger partial charge on any atom is 0.224 e. The summed E-state index contributed by atoms with van der Waals surface area (Å²) in [4.78, 5) is 12.0. The molecular formula is C16H20FN3O. The molecule has 0 bridgehead atoms. The molecule has 4 nitrogen and oxygen atoms in total. The van der Waals surface area contributed by atoms with E-state index in [9.17, 15) is 9.18 Å². The number of anilines is 1. The lowest BCUT2D eigenvalue weighted by molar-refractivity contribution is -0.116. The van der Waals surface area contributed by atoms with Crippen LogP contribution in [0.4, 0.5) is 10.1 Å². The predicted molar refractivity (Wildman–Crippen MR) is 80.8 cm³/mol. The third-order valence-corrected chi connectivity index (χ3v) is 3.73. The van der Waals surface area contributed by atoms with Crippen LogP contribution in [0.15, 0.2) is 18.2 Å². The summed E-state index contributed by atoms with van der Waals surface area (Å²) in [7, 11) is 1.89. The van der Waals surface area contributed by atoms with Gasteiger partial charge in [-0.25, -0.2) is 4.39 Å². The molecule has 0 aliphatic carbocycles. The van der Waals surface area contributed by atoms with Gasteiger partial charge in [0.1, 0.15) is 5.82 Å². The lowest BCUT2D eigenvalue weighted by atomic mass is 10.1. The molecule has 0 spiro atoms. The molecule has 0 fully saturated rings. The first kappa shape index (κ1) is 15.2. The molecule has 0 aliphatic rings. The number of benzene rings is 1. The fraction of sp³-hybridized carbons (Fsp3) is 0.375. The predicted octanol–water partition coefficient (Wildman–Crippen LogP) is 3.06. The number of carbonyl (C=O) groups excluding carboxylic acids is 1. The number of amides is 1. The van der Waals surface area contributed by atoms with Crippen molar-refractivity contribution in [2.24, 2.45) is 7.05 Å². The molecule has 0 radical (unpaired) electrons. The molecule has 0 aliphatic heterocycles. The van der Waals surface area contributed by atoms with Crippen LogP contribution in [-0.4, -0.2) is 15.7 Å². The molecule has 1 amide bonds. The van der Waals surface area contributed by atoms with Crippen LogP contribution in [0.5, 0.6) is 0 Å². The van der Waals surface area contributed by atoms with E-state index < -0.39 is 0 Å². The molecule has 2 rings (SSSR count). The van der Waals surface area contributed by atoms with Crippen molar-refractivity contribution in [1.29, 1.82) is 0 Å². The summed E-state index contributed by atoms with van der Waals surface area (Å²) in [5.74, 6) is -0.471. The summed E-state index contributed by atoms with van der Waals surface area (Å²) in [5, 5.41) is 7.09. The van der Waals surface area contributed by atoms with Gasteiger partial charge in [-0.2, -0.15) is 5.10 Å². The molecule has 0 atom stereocenters. The summed E-state index contributed by atoms with van der Waals surface area (Å²) < 4.78 is 15.0. The van der Waals surface area contributed by atoms with Crippen LogP contribution in [0, 0.1) is 26.6 Å². The zero-order valence-electron chi connectivity index (χ0n) is 12.8. The zero-order chi connectivity index (χ0) is 15.6. The maximum absolute atomic E-state index is 13.2. The summed E-state index contributed by atoms with van der Waals surface area (Å²) in [5.41, 5.74) is 4.49. The fourth-order valence-electron chi connectivity index (χ4n) is 2.36. The molecule has 2 aromatic rings. The average molecular weight is 289 g/mol. The van der Waals surface area contributed by atoms with Crippen LogP contribution < -0.4 is 5.32 Å². The number of aromatic nitrogens is 2. The van der Waals surface area contributed by atoms with Crippen molar-refractivity contribution in [3.63, 3.8) is 0 Å². The Morgan fingerprint density at radius 1 is 1.33 bits per heavy atom. The van der Waals surface area contributed by atoms with E-state index in [2.05, 4.69) is 10.4 Å². The summed E-state index contributed by atoms with van der Waals surface area (Å²) in [6, 6.07) is 4.38. The van der Waals surface area contributed by atoms with Gasteiger partial charge in [0.05, 0.1) is 5.69 Å². The van der Waals surface area contributed by atoms with Gasteiger partial charge in [0.2, 0.25) is 5.91 Å². The molecule has 5 heteroatoms. The Morgan fingerprint density at radius 2 is 2.05 bits per heavy atom. The van der Waals surface area contributed by atoms with Crippen molar-refractivity contribution in [3.8, 4) is 0 Å². The van der Waals surface area contributed by atoms with E-state index in [4.69, 9.17) is 0 Å². The molecule has 21 heavy (non-hydrogen) atoms. The number of nitrogens with zero attached hydrogens (tertiary/aromatic N) is 2. The van der Waals surface area contributed by atoms with E-state index >= 15 is 0 Å². The standard InChI is InChI=1S/C16H20FN3O/c1-10-5-6-13(17)9-15(10)18-16(21)8-7-14-11(2)19-20(4)12(14)3/h5-6,9H,7-8H2,1-4H3,(H,18,21). The van der Waals surface area contributed by atoms with E-state index in [0.29, 0.717) is 18.5 Å². The number of hydrogen-bond acceptors (Lipinski definition) is 2. The molecule has 1 aromatic carbocycles. The number of aryl methyl sites for hydroxylation is 3. The van der Waals surface area contributed by atoms with E-state index in [-0.39, 0.29) is 11.7 Å². The van der Waals surface area contributed by atoms with Gasteiger partial charge in [0.25, 0.3) is 0 Å². The first-order valence-corrected chi connectivity index (χ1v) is 6.93. The van der Waals surface area contributed by atoms with Gasteiger partial charge >= 0.3 is 0 Å². The molecule has 0 saturated heterocycles. The summed E-state index contributed by atoms with van der Waals surface area (Å²) in [6.07, 6.45) is 0.981. The minimum Gasteiger partial charge on any atom is -0.326 e. The van der Waals surface area contributed by atoms with Gasteiger partial charge in [-0.15, -0.1) is 0 Å². The second-order valence-corrected chi connectivity index (χ2v) is 5.28. The lowest BCUT2D eigenvalue weighted by Gasteiger charge is -2.08. The highest BCUT2D eigenvalue weighted by molar-refractivity contribution is 5.91. The minimum atomic E-state index is -0.352. The Kier molecular flexibility index (Phi) is 4.40. The quantitative estimate of drug-likeness (QED) is 0.940. The van der Waals surface area contributed by atoms with Gasteiger partial charge in [0.15, 0.2) is 0 Å². The zero-order valence-corrected chi connectivity index (χ0v) is 12.8. The molecule has 0 saturated carbocycles. The van der Waals surface area contributed by atoms with Crippen molar-refractivity contribution in [1.82, 2.24) is 9.78 Å². The number of rotatable bonds is 4. The Morgan fingerprint density at radius 3 is 2.67 bits per heavy atom. The van der Waals surface area contributed by atoms with Gasteiger partial charge in [-0.05, 0) is 50.5 Å². The molecule has 1 aromatic heterocycles. The number of hydrogen-bond donors (Lipinski definition) is 1. The highest BCUT2D eigenvalue weighted by Crippen LogP contribution is 2.18. The van der Waals surface area contributed by atoms with E-state index in [1.54, 1.807) is 6.07 Å². The van der Waals surface area contributed by atoms with E-state index in [1.807, 2.05) is 32.5 Å². The molecular weight excluding hydrogens is 269 g/mol. The Hall–Kier alpha value is -2.17. The van der Waals surface area contributed by atoms with Crippen LogP contribution in [0.2, 0.25) is 0 Å². The third kappa shape index (κ3) is 3.48. The highest BCUT2D eigenvalue weighted by Gasteiger charge is 2.12. The third-order valence-electron chi connectivity index (χ3n) is 3.73. The van der Waals surface area contributed by atoms with Crippen molar-refractivity contribution >= 4 is 11.6 Å². The number of halogens is 1. The van der Waals surface area contributed by atoms with E-state index in [1.165, 1.54) is 12.1 Å². The largest absolute Gasteiger partial charge is 0.326 e. The van der Waals surface area contributed by atoms with Crippen molar-refractivity contribution in [2.45, 2.75) is 33.6 Å². The van der Waals surface area contributed by atoms with E-state index in [0.717, 1.165) is 22.5 Å². The molecule has 0 unspecified atom stereocenters. The average Bonchev–Trinajstić information content (AvgIpc) is 2.66.